The van der Waals surface area contributed by atoms with Gasteiger partial charge in [0.1, 0.15) is 5.82 Å². The summed E-state index contributed by atoms with van der Waals surface area (Å²) < 4.78 is 13.6. The Morgan fingerprint density at radius 1 is 1.07 bits per heavy atom. The smallest absolute Gasteiger partial charge is 0.194 e. The molecular weight excluding hydrogens is 355 g/mol. The zero-order chi connectivity index (χ0) is 19.8. The largest absolute Gasteiger partial charge is 0.392 e. The number of halogens is 1. The summed E-state index contributed by atoms with van der Waals surface area (Å²) in [6.07, 6.45) is 0. The van der Waals surface area contributed by atoms with Crippen molar-refractivity contribution in [3.05, 3.63) is 71.0 Å². The quantitative estimate of drug-likeness (QED) is 0.594. The molecule has 0 bridgehead atoms. The van der Waals surface area contributed by atoms with Gasteiger partial charge in [0.05, 0.1) is 13.2 Å². The first kappa shape index (κ1) is 20.3. The Labute approximate surface area is 166 Å². The molecule has 0 spiro atoms. The van der Waals surface area contributed by atoms with Crippen LogP contribution in [0.2, 0.25) is 0 Å². The van der Waals surface area contributed by atoms with Gasteiger partial charge in [-0.15, -0.1) is 0 Å². The highest BCUT2D eigenvalue weighted by Crippen LogP contribution is 2.13. The van der Waals surface area contributed by atoms with E-state index in [2.05, 4.69) is 46.3 Å². The number of aliphatic hydroxyl groups excluding tert-OH is 1. The van der Waals surface area contributed by atoms with E-state index < -0.39 is 0 Å². The Hall–Kier alpha value is -2.44. The minimum Gasteiger partial charge on any atom is -0.392 e. The van der Waals surface area contributed by atoms with Crippen molar-refractivity contribution in [2.24, 2.45) is 4.99 Å². The first-order valence-electron chi connectivity index (χ1n) is 9.87. The molecule has 1 aliphatic rings. The lowest BCUT2D eigenvalue weighted by molar-refractivity contribution is 0.172. The second-order valence-electron chi connectivity index (χ2n) is 7.00. The van der Waals surface area contributed by atoms with Gasteiger partial charge < -0.3 is 15.3 Å². The summed E-state index contributed by atoms with van der Waals surface area (Å²) in [5.74, 6) is 0.508. The van der Waals surface area contributed by atoms with Gasteiger partial charge >= 0.3 is 0 Å². The second-order valence-corrected chi connectivity index (χ2v) is 7.00. The van der Waals surface area contributed by atoms with Crippen LogP contribution in [0.1, 0.15) is 23.6 Å². The van der Waals surface area contributed by atoms with Crippen LogP contribution in [0.4, 0.5) is 4.39 Å². The molecule has 1 heterocycles. The molecule has 1 aliphatic heterocycles. The zero-order valence-corrected chi connectivity index (χ0v) is 16.4. The highest BCUT2D eigenvalue weighted by molar-refractivity contribution is 5.80. The standard InChI is InChI=1S/C22H29FN4O/c1-2-24-22(25-15-19-8-9-21(23)20(14-19)17-28)27-12-10-26(11-13-27)16-18-6-4-3-5-7-18/h3-9,14,28H,2,10-13,15-17H2,1H3,(H,24,25). The first-order valence-corrected chi connectivity index (χ1v) is 9.87. The lowest BCUT2D eigenvalue weighted by atomic mass is 10.1. The average Bonchev–Trinajstić information content (AvgIpc) is 2.73. The van der Waals surface area contributed by atoms with Crippen molar-refractivity contribution in [1.29, 1.82) is 0 Å². The predicted molar refractivity (Wildman–Crippen MR) is 110 cm³/mol. The van der Waals surface area contributed by atoms with Gasteiger partial charge in [0.25, 0.3) is 0 Å². The summed E-state index contributed by atoms with van der Waals surface area (Å²) in [7, 11) is 0. The van der Waals surface area contributed by atoms with E-state index in [1.165, 1.54) is 11.6 Å². The van der Waals surface area contributed by atoms with Gasteiger partial charge in [0.15, 0.2) is 5.96 Å². The Bertz CT molecular complexity index is 773. The topological polar surface area (TPSA) is 51.1 Å². The zero-order valence-electron chi connectivity index (χ0n) is 16.4. The number of benzene rings is 2. The maximum atomic E-state index is 13.6. The van der Waals surface area contributed by atoms with Crippen molar-refractivity contribution >= 4 is 5.96 Å². The van der Waals surface area contributed by atoms with Crippen LogP contribution in [0.3, 0.4) is 0 Å². The van der Waals surface area contributed by atoms with Crippen molar-refractivity contribution in [3.63, 3.8) is 0 Å². The third-order valence-electron chi connectivity index (χ3n) is 4.95. The number of hydrogen-bond donors (Lipinski definition) is 2. The highest BCUT2D eigenvalue weighted by atomic mass is 19.1. The van der Waals surface area contributed by atoms with E-state index in [1.807, 2.05) is 6.07 Å². The molecule has 28 heavy (non-hydrogen) atoms. The summed E-state index contributed by atoms with van der Waals surface area (Å²) >= 11 is 0. The fraction of sp³-hybridized carbons (Fsp3) is 0.409. The summed E-state index contributed by atoms with van der Waals surface area (Å²) in [6, 6.07) is 15.3. The second kappa shape index (κ2) is 10.2. The van der Waals surface area contributed by atoms with E-state index in [4.69, 9.17) is 4.99 Å². The van der Waals surface area contributed by atoms with Crippen LogP contribution in [0.15, 0.2) is 53.5 Å². The van der Waals surface area contributed by atoms with Crippen molar-refractivity contribution in [1.82, 2.24) is 15.1 Å². The minimum absolute atomic E-state index is 0.299. The molecule has 1 fully saturated rings. The fourth-order valence-electron chi connectivity index (χ4n) is 3.40. The fourth-order valence-corrected chi connectivity index (χ4v) is 3.40. The van der Waals surface area contributed by atoms with E-state index in [1.54, 1.807) is 12.1 Å². The van der Waals surface area contributed by atoms with Crippen LogP contribution in [-0.4, -0.2) is 53.6 Å². The third kappa shape index (κ3) is 5.53. The maximum Gasteiger partial charge on any atom is 0.194 e. The van der Waals surface area contributed by atoms with Gasteiger partial charge in [-0.25, -0.2) is 9.38 Å². The summed E-state index contributed by atoms with van der Waals surface area (Å²) in [4.78, 5) is 9.47. The van der Waals surface area contributed by atoms with E-state index in [0.29, 0.717) is 12.1 Å². The number of guanidine groups is 1. The van der Waals surface area contributed by atoms with E-state index >= 15 is 0 Å². The molecule has 2 aromatic rings. The number of nitrogens with one attached hydrogen (secondary N) is 1. The van der Waals surface area contributed by atoms with Gasteiger partial charge in [-0.1, -0.05) is 36.4 Å². The molecular formula is C22H29FN4O. The maximum absolute atomic E-state index is 13.6. The number of rotatable bonds is 6. The van der Waals surface area contributed by atoms with Crippen molar-refractivity contribution in [2.75, 3.05) is 32.7 Å². The molecule has 0 unspecified atom stereocenters. The van der Waals surface area contributed by atoms with Crippen LogP contribution in [0, 0.1) is 5.82 Å². The van der Waals surface area contributed by atoms with Gasteiger partial charge in [-0.05, 0) is 30.2 Å². The van der Waals surface area contributed by atoms with Crippen LogP contribution in [0.5, 0.6) is 0 Å². The highest BCUT2D eigenvalue weighted by Gasteiger charge is 2.19. The van der Waals surface area contributed by atoms with Crippen molar-refractivity contribution < 1.29 is 9.50 Å². The van der Waals surface area contributed by atoms with E-state index in [0.717, 1.165) is 50.8 Å². The lowest BCUT2D eigenvalue weighted by Gasteiger charge is -2.36. The van der Waals surface area contributed by atoms with Crippen LogP contribution < -0.4 is 5.32 Å². The van der Waals surface area contributed by atoms with Crippen molar-refractivity contribution in [2.45, 2.75) is 26.6 Å². The number of nitrogens with zero attached hydrogens (tertiary/aromatic N) is 3. The molecule has 3 rings (SSSR count). The van der Waals surface area contributed by atoms with E-state index in [9.17, 15) is 9.50 Å². The Morgan fingerprint density at radius 2 is 1.82 bits per heavy atom. The Morgan fingerprint density at radius 3 is 2.50 bits per heavy atom. The van der Waals surface area contributed by atoms with Crippen LogP contribution in [0.25, 0.3) is 0 Å². The molecule has 1 saturated heterocycles. The SMILES string of the molecule is CCNC(=NCc1ccc(F)c(CO)c1)N1CCN(Cc2ccccc2)CC1. The molecule has 5 nitrogen and oxygen atoms in total. The number of piperazine rings is 1. The Kier molecular flexibility index (Phi) is 7.39. The molecule has 150 valence electrons. The monoisotopic (exact) mass is 384 g/mol. The molecule has 0 atom stereocenters. The summed E-state index contributed by atoms with van der Waals surface area (Å²) in [6.45, 7) is 7.81. The molecule has 0 amide bonds. The third-order valence-corrected chi connectivity index (χ3v) is 4.95. The number of aliphatic hydroxyl groups is 1. The molecule has 2 aromatic carbocycles. The number of aliphatic imine (C=N–C) groups is 1. The van der Waals surface area contributed by atoms with E-state index in [-0.39, 0.29) is 12.4 Å². The van der Waals surface area contributed by atoms with Gasteiger partial charge in [0, 0.05) is 44.8 Å². The molecule has 6 heteroatoms. The minimum atomic E-state index is -0.378. The molecule has 0 aliphatic carbocycles. The molecule has 0 radical (unpaired) electrons. The van der Waals surface area contributed by atoms with Crippen LogP contribution >= 0.6 is 0 Å². The molecule has 0 aromatic heterocycles. The summed E-state index contributed by atoms with van der Waals surface area (Å²) in [5.41, 5.74) is 2.54. The average molecular weight is 384 g/mol. The van der Waals surface area contributed by atoms with Gasteiger partial charge in [-0.2, -0.15) is 0 Å². The predicted octanol–water partition coefficient (Wildman–Crippen LogP) is 2.60. The number of hydrogen-bond acceptors (Lipinski definition) is 3. The Balaban J connectivity index is 1.59. The van der Waals surface area contributed by atoms with Gasteiger partial charge in [0.2, 0.25) is 0 Å². The molecule has 2 N–H and O–H groups in total. The van der Waals surface area contributed by atoms with Gasteiger partial charge in [-0.3, -0.25) is 4.90 Å². The molecule has 0 saturated carbocycles. The normalized spacial score (nSPS) is 15.7. The first-order chi connectivity index (χ1) is 13.7. The lowest BCUT2D eigenvalue weighted by Crippen LogP contribution is -2.52. The van der Waals surface area contributed by atoms with Crippen molar-refractivity contribution in [3.8, 4) is 0 Å². The summed E-state index contributed by atoms with van der Waals surface area (Å²) in [5, 5.41) is 12.6. The van der Waals surface area contributed by atoms with Crippen LogP contribution in [-0.2, 0) is 19.7 Å².